The number of halogens is 3. The number of carbonyl (C=O) groups is 1. The van der Waals surface area contributed by atoms with E-state index in [0.29, 0.717) is 17.6 Å². The van der Waals surface area contributed by atoms with Crippen molar-refractivity contribution in [3.8, 4) is 5.75 Å². The standard InChI is InChI=1S/C27H39F3O3/c1-4-5-6-7-8-9-11-19-14-15-21-17-23-20(16-22(19)21)12-10-13-24(23)32-18-25(31)33-26(2,3)27(28,29)30/h10,12-13,19,21-22H,4-9,11,14-18H2,1-3H3. The Morgan fingerprint density at radius 2 is 1.76 bits per heavy atom. The molecule has 6 heteroatoms. The summed E-state index contributed by atoms with van der Waals surface area (Å²) in [4.78, 5) is 12.0. The van der Waals surface area contributed by atoms with Crippen LogP contribution < -0.4 is 4.74 Å². The van der Waals surface area contributed by atoms with E-state index in [9.17, 15) is 18.0 Å². The van der Waals surface area contributed by atoms with Crippen LogP contribution in [-0.2, 0) is 22.4 Å². The molecule has 33 heavy (non-hydrogen) atoms. The Kier molecular flexibility index (Phi) is 8.74. The Morgan fingerprint density at radius 1 is 1.03 bits per heavy atom. The lowest BCUT2D eigenvalue weighted by Crippen LogP contribution is -2.44. The molecule has 1 fully saturated rings. The summed E-state index contributed by atoms with van der Waals surface area (Å²) in [7, 11) is 0. The molecule has 0 spiro atoms. The first-order valence-electron chi connectivity index (χ1n) is 12.6. The number of benzene rings is 1. The van der Waals surface area contributed by atoms with Gasteiger partial charge in [-0.25, -0.2) is 4.79 Å². The van der Waals surface area contributed by atoms with Crippen molar-refractivity contribution in [2.45, 2.75) is 103 Å². The van der Waals surface area contributed by atoms with Gasteiger partial charge in [0.05, 0.1) is 0 Å². The van der Waals surface area contributed by atoms with E-state index in [2.05, 4.69) is 17.7 Å². The van der Waals surface area contributed by atoms with Crippen molar-refractivity contribution in [2.75, 3.05) is 6.61 Å². The first-order chi connectivity index (χ1) is 15.6. The lowest BCUT2D eigenvalue weighted by atomic mass is 9.73. The van der Waals surface area contributed by atoms with E-state index in [-0.39, 0.29) is 0 Å². The molecule has 0 aliphatic heterocycles. The van der Waals surface area contributed by atoms with Gasteiger partial charge in [-0.1, -0.05) is 64.0 Å². The van der Waals surface area contributed by atoms with Crippen molar-refractivity contribution in [2.24, 2.45) is 17.8 Å². The zero-order valence-electron chi connectivity index (χ0n) is 20.3. The Bertz CT molecular complexity index is 787. The second-order valence-corrected chi connectivity index (χ2v) is 10.4. The smallest absolute Gasteiger partial charge is 0.427 e. The van der Waals surface area contributed by atoms with Gasteiger partial charge in [0.15, 0.2) is 6.61 Å². The predicted octanol–water partition coefficient (Wildman–Crippen LogP) is 7.44. The quantitative estimate of drug-likeness (QED) is 0.250. The minimum atomic E-state index is -4.63. The minimum absolute atomic E-state index is 0.523. The van der Waals surface area contributed by atoms with E-state index < -0.39 is 24.4 Å². The summed E-state index contributed by atoms with van der Waals surface area (Å²) in [6.07, 6.45) is 9.14. The molecule has 3 rings (SSSR count). The number of fused-ring (bicyclic) bond motifs is 2. The molecule has 3 nitrogen and oxygen atoms in total. The number of hydrogen-bond donors (Lipinski definition) is 0. The van der Waals surface area contributed by atoms with Crippen LogP contribution in [0.4, 0.5) is 13.2 Å². The Labute approximate surface area is 196 Å². The van der Waals surface area contributed by atoms with Crippen molar-refractivity contribution in [1.29, 1.82) is 0 Å². The van der Waals surface area contributed by atoms with Gasteiger partial charge >= 0.3 is 12.1 Å². The third kappa shape index (κ3) is 6.66. The summed E-state index contributed by atoms with van der Waals surface area (Å²) >= 11 is 0. The Balaban J connectivity index is 1.54. The maximum Gasteiger partial charge on any atom is 0.427 e. The van der Waals surface area contributed by atoms with Gasteiger partial charge in [0.2, 0.25) is 5.60 Å². The van der Waals surface area contributed by atoms with Gasteiger partial charge in [-0.05, 0) is 74.5 Å². The van der Waals surface area contributed by atoms with Crippen molar-refractivity contribution in [1.82, 2.24) is 0 Å². The molecule has 1 saturated carbocycles. The van der Waals surface area contributed by atoms with Crippen LogP contribution in [0.1, 0.15) is 89.7 Å². The molecule has 2 aliphatic rings. The molecule has 0 amide bonds. The fraction of sp³-hybridized carbons (Fsp3) is 0.741. The summed E-state index contributed by atoms with van der Waals surface area (Å²) in [5.41, 5.74) is -0.166. The molecule has 0 heterocycles. The highest BCUT2D eigenvalue weighted by molar-refractivity contribution is 5.71. The van der Waals surface area contributed by atoms with Crippen LogP contribution >= 0.6 is 0 Å². The largest absolute Gasteiger partial charge is 0.482 e. The highest BCUT2D eigenvalue weighted by Gasteiger charge is 2.51. The first kappa shape index (κ1) is 25.9. The molecular weight excluding hydrogens is 429 g/mol. The number of ether oxygens (including phenoxy) is 2. The lowest BCUT2D eigenvalue weighted by Gasteiger charge is -2.32. The molecule has 0 saturated heterocycles. The van der Waals surface area contributed by atoms with Crippen molar-refractivity contribution in [3.63, 3.8) is 0 Å². The summed E-state index contributed by atoms with van der Waals surface area (Å²) in [5.74, 6) is 1.72. The third-order valence-corrected chi connectivity index (χ3v) is 7.60. The molecule has 3 atom stereocenters. The van der Waals surface area contributed by atoms with E-state index in [1.54, 1.807) is 0 Å². The molecule has 0 aromatic heterocycles. The molecular formula is C27H39F3O3. The molecule has 1 aromatic carbocycles. The summed E-state index contributed by atoms with van der Waals surface area (Å²) < 4.78 is 49.2. The molecule has 0 N–H and O–H groups in total. The molecule has 0 bridgehead atoms. The number of alkyl halides is 3. The number of hydrogen-bond acceptors (Lipinski definition) is 3. The maximum absolute atomic E-state index is 13.0. The van der Waals surface area contributed by atoms with E-state index in [4.69, 9.17) is 4.74 Å². The van der Waals surface area contributed by atoms with Crippen LogP contribution in [-0.4, -0.2) is 24.4 Å². The zero-order valence-corrected chi connectivity index (χ0v) is 20.3. The van der Waals surface area contributed by atoms with Gasteiger partial charge in [0, 0.05) is 0 Å². The summed E-state index contributed by atoms with van der Waals surface area (Å²) in [5, 5.41) is 0. The zero-order chi connectivity index (χ0) is 24.1. The highest BCUT2D eigenvalue weighted by Crippen LogP contribution is 2.48. The maximum atomic E-state index is 13.0. The van der Waals surface area contributed by atoms with Crippen LogP contribution in [0.25, 0.3) is 0 Å². The minimum Gasteiger partial charge on any atom is -0.482 e. The van der Waals surface area contributed by atoms with E-state index in [1.165, 1.54) is 63.4 Å². The summed E-state index contributed by atoms with van der Waals surface area (Å²) in [6, 6.07) is 5.85. The van der Waals surface area contributed by atoms with Crippen LogP contribution in [0.5, 0.6) is 5.75 Å². The van der Waals surface area contributed by atoms with Gasteiger partial charge in [0.25, 0.3) is 0 Å². The molecule has 1 aromatic rings. The van der Waals surface area contributed by atoms with Gasteiger partial charge in [0.1, 0.15) is 5.75 Å². The normalized spacial score (nSPS) is 22.5. The van der Waals surface area contributed by atoms with Gasteiger partial charge in [-0.2, -0.15) is 13.2 Å². The molecule has 0 radical (unpaired) electrons. The van der Waals surface area contributed by atoms with Crippen molar-refractivity contribution < 1.29 is 27.4 Å². The fourth-order valence-corrected chi connectivity index (χ4v) is 5.57. The fourth-order valence-electron chi connectivity index (χ4n) is 5.57. The van der Waals surface area contributed by atoms with Gasteiger partial charge in [-0.3, -0.25) is 0 Å². The van der Waals surface area contributed by atoms with E-state index in [0.717, 1.165) is 38.2 Å². The topological polar surface area (TPSA) is 35.5 Å². The van der Waals surface area contributed by atoms with Crippen LogP contribution in [0, 0.1) is 17.8 Å². The van der Waals surface area contributed by atoms with E-state index in [1.807, 2.05) is 12.1 Å². The average Bonchev–Trinajstić information content (AvgIpc) is 3.14. The third-order valence-electron chi connectivity index (χ3n) is 7.60. The molecule has 186 valence electrons. The lowest BCUT2D eigenvalue weighted by molar-refractivity contribution is -0.257. The number of carbonyl (C=O) groups excluding carboxylic acids is 1. The number of esters is 1. The number of rotatable bonds is 11. The van der Waals surface area contributed by atoms with Gasteiger partial charge < -0.3 is 9.47 Å². The summed E-state index contributed by atoms with van der Waals surface area (Å²) in [6.45, 7) is 3.41. The number of unbranched alkanes of at least 4 members (excludes halogenated alkanes) is 5. The second kappa shape index (κ2) is 11.1. The van der Waals surface area contributed by atoms with Crippen LogP contribution in [0.3, 0.4) is 0 Å². The Morgan fingerprint density at radius 3 is 2.48 bits per heavy atom. The van der Waals surface area contributed by atoms with Gasteiger partial charge in [-0.15, -0.1) is 0 Å². The van der Waals surface area contributed by atoms with Crippen LogP contribution in [0.15, 0.2) is 18.2 Å². The predicted molar refractivity (Wildman–Crippen MR) is 123 cm³/mol. The monoisotopic (exact) mass is 468 g/mol. The molecule has 2 aliphatic carbocycles. The van der Waals surface area contributed by atoms with Crippen molar-refractivity contribution >= 4 is 5.97 Å². The van der Waals surface area contributed by atoms with Crippen molar-refractivity contribution in [3.05, 3.63) is 29.3 Å². The second-order valence-electron chi connectivity index (χ2n) is 10.4. The molecule has 3 unspecified atom stereocenters. The SMILES string of the molecule is CCCCCCCCC1CCC2Cc3c(cccc3OCC(=O)OC(C)(C)C(F)(F)F)CC12. The first-order valence-corrected chi connectivity index (χ1v) is 12.6. The highest BCUT2D eigenvalue weighted by atomic mass is 19.4. The van der Waals surface area contributed by atoms with E-state index >= 15 is 0 Å². The van der Waals surface area contributed by atoms with Crippen LogP contribution in [0.2, 0.25) is 0 Å². The Hall–Kier alpha value is -1.72. The average molecular weight is 469 g/mol.